The number of nitrogens with one attached hydrogen (secondary N) is 2. The Kier molecular flexibility index (Phi) is 6.31. The standard InChI is InChI=1S/C17H21N3O6/c1-3-26-11-4-5-12(19-16(24)10(2)22)13(8-11)18-14-9-15(23)20(6-7-21)17(14)25/h4-5,8-10,18,21-22H,3,6-7H2,1-2H3,(H,19,24). The van der Waals surface area contributed by atoms with Crippen LogP contribution >= 0.6 is 0 Å². The van der Waals surface area contributed by atoms with Crippen LogP contribution in [-0.2, 0) is 14.4 Å². The summed E-state index contributed by atoms with van der Waals surface area (Å²) in [5, 5.41) is 23.7. The van der Waals surface area contributed by atoms with Crippen molar-refractivity contribution in [3.05, 3.63) is 30.0 Å². The Morgan fingerprint density at radius 3 is 2.65 bits per heavy atom. The van der Waals surface area contributed by atoms with E-state index in [0.717, 1.165) is 11.0 Å². The van der Waals surface area contributed by atoms with Crippen LogP contribution in [-0.4, -0.2) is 58.7 Å². The summed E-state index contributed by atoms with van der Waals surface area (Å²) in [5.74, 6) is -1.25. The van der Waals surface area contributed by atoms with Gasteiger partial charge in [-0.05, 0) is 26.0 Å². The van der Waals surface area contributed by atoms with E-state index in [2.05, 4.69) is 10.6 Å². The van der Waals surface area contributed by atoms with Crippen molar-refractivity contribution in [3.8, 4) is 5.75 Å². The van der Waals surface area contributed by atoms with Crippen molar-refractivity contribution in [1.82, 2.24) is 4.90 Å². The van der Waals surface area contributed by atoms with E-state index in [4.69, 9.17) is 9.84 Å². The molecule has 1 heterocycles. The van der Waals surface area contributed by atoms with E-state index in [1.54, 1.807) is 18.2 Å². The summed E-state index contributed by atoms with van der Waals surface area (Å²) in [6.45, 7) is 3.11. The first-order valence-electron chi connectivity index (χ1n) is 8.08. The lowest BCUT2D eigenvalue weighted by molar-refractivity contribution is -0.137. The number of carbonyl (C=O) groups is 3. The van der Waals surface area contributed by atoms with Gasteiger partial charge in [-0.3, -0.25) is 19.3 Å². The molecule has 1 unspecified atom stereocenters. The van der Waals surface area contributed by atoms with Crippen molar-refractivity contribution >= 4 is 29.1 Å². The van der Waals surface area contributed by atoms with E-state index in [9.17, 15) is 19.5 Å². The topological polar surface area (TPSA) is 128 Å². The van der Waals surface area contributed by atoms with Gasteiger partial charge in [0.05, 0.1) is 31.1 Å². The van der Waals surface area contributed by atoms with Crippen LogP contribution in [0.15, 0.2) is 30.0 Å². The summed E-state index contributed by atoms with van der Waals surface area (Å²) in [4.78, 5) is 36.8. The summed E-state index contributed by atoms with van der Waals surface area (Å²) in [5.41, 5.74) is 0.633. The smallest absolute Gasteiger partial charge is 0.277 e. The normalized spacial score (nSPS) is 14.9. The molecular formula is C17H21N3O6. The number of amides is 3. The quantitative estimate of drug-likeness (QED) is 0.481. The van der Waals surface area contributed by atoms with Crippen molar-refractivity contribution in [3.63, 3.8) is 0 Å². The molecule has 0 fully saturated rings. The molecule has 0 spiro atoms. The first-order chi connectivity index (χ1) is 12.4. The van der Waals surface area contributed by atoms with E-state index in [1.807, 2.05) is 6.92 Å². The number of benzene rings is 1. The van der Waals surface area contributed by atoms with Crippen molar-refractivity contribution in [1.29, 1.82) is 0 Å². The monoisotopic (exact) mass is 363 g/mol. The van der Waals surface area contributed by atoms with E-state index in [0.29, 0.717) is 23.7 Å². The highest BCUT2D eigenvalue weighted by Crippen LogP contribution is 2.30. The zero-order chi connectivity index (χ0) is 19.3. The SMILES string of the molecule is CCOc1ccc(NC(=O)C(C)O)c(NC2=CC(=O)N(CCO)C2=O)c1. The zero-order valence-corrected chi connectivity index (χ0v) is 14.5. The maximum Gasteiger partial charge on any atom is 0.277 e. The van der Waals surface area contributed by atoms with Gasteiger partial charge in [0.25, 0.3) is 17.7 Å². The fourth-order valence-corrected chi connectivity index (χ4v) is 2.28. The minimum absolute atomic E-state index is 0.00430. The average Bonchev–Trinajstić information content (AvgIpc) is 2.85. The van der Waals surface area contributed by atoms with Gasteiger partial charge in [0, 0.05) is 12.1 Å². The third kappa shape index (κ3) is 4.38. The number of β-amino-alcohol motifs (C(OH)–C–C–N with tert-alkyl or cyclic N) is 1. The first kappa shape index (κ1) is 19.4. The highest BCUT2D eigenvalue weighted by Gasteiger charge is 2.31. The Hall–Kier alpha value is -2.91. The fourth-order valence-electron chi connectivity index (χ4n) is 2.28. The molecule has 9 nitrogen and oxygen atoms in total. The van der Waals surface area contributed by atoms with E-state index in [-0.39, 0.29) is 18.8 Å². The van der Waals surface area contributed by atoms with Crippen molar-refractivity contribution < 1.29 is 29.3 Å². The number of anilines is 2. The number of hydrogen-bond donors (Lipinski definition) is 4. The second-order valence-corrected chi connectivity index (χ2v) is 5.51. The first-order valence-corrected chi connectivity index (χ1v) is 8.08. The average molecular weight is 363 g/mol. The Morgan fingerprint density at radius 2 is 2.04 bits per heavy atom. The van der Waals surface area contributed by atoms with Gasteiger partial charge in [-0.2, -0.15) is 0 Å². The number of ether oxygens (including phenoxy) is 1. The Morgan fingerprint density at radius 1 is 1.31 bits per heavy atom. The molecule has 0 bridgehead atoms. The molecule has 0 saturated heterocycles. The third-order valence-corrected chi connectivity index (χ3v) is 3.54. The lowest BCUT2D eigenvalue weighted by atomic mass is 10.2. The molecule has 1 aliphatic heterocycles. The van der Waals surface area contributed by atoms with Crippen LogP contribution < -0.4 is 15.4 Å². The van der Waals surface area contributed by atoms with Crippen LogP contribution in [0.4, 0.5) is 11.4 Å². The van der Waals surface area contributed by atoms with Crippen LogP contribution in [0.25, 0.3) is 0 Å². The van der Waals surface area contributed by atoms with Gasteiger partial charge >= 0.3 is 0 Å². The van der Waals surface area contributed by atoms with Gasteiger partial charge in [-0.25, -0.2) is 0 Å². The zero-order valence-electron chi connectivity index (χ0n) is 14.5. The van der Waals surface area contributed by atoms with Gasteiger partial charge in [0.2, 0.25) is 0 Å². The molecule has 1 atom stereocenters. The summed E-state index contributed by atoms with van der Waals surface area (Å²) in [7, 11) is 0. The second kappa shape index (κ2) is 8.45. The molecule has 9 heteroatoms. The molecule has 140 valence electrons. The number of aliphatic hydroxyl groups is 2. The molecular weight excluding hydrogens is 342 g/mol. The fraction of sp³-hybridized carbons (Fsp3) is 0.353. The number of aliphatic hydroxyl groups excluding tert-OH is 2. The highest BCUT2D eigenvalue weighted by atomic mass is 16.5. The largest absolute Gasteiger partial charge is 0.494 e. The molecule has 3 amide bonds. The molecule has 0 saturated carbocycles. The molecule has 1 aliphatic rings. The molecule has 1 aromatic rings. The minimum atomic E-state index is -1.22. The lowest BCUT2D eigenvalue weighted by Gasteiger charge is -2.17. The van der Waals surface area contributed by atoms with Crippen LogP contribution in [0.3, 0.4) is 0 Å². The predicted molar refractivity (Wildman–Crippen MR) is 93.4 cm³/mol. The maximum atomic E-state index is 12.3. The second-order valence-electron chi connectivity index (χ2n) is 5.51. The third-order valence-electron chi connectivity index (χ3n) is 3.54. The van der Waals surface area contributed by atoms with Crippen molar-refractivity contribution in [2.24, 2.45) is 0 Å². The van der Waals surface area contributed by atoms with E-state index in [1.165, 1.54) is 6.92 Å². The Bertz CT molecular complexity index is 744. The van der Waals surface area contributed by atoms with Gasteiger partial charge in [0.1, 0.15) is 17.6 Å². The number of rotatable bonds is 8. The molecule has 0 aliphatic carbocycles. The number of carbonyl (C=O) groups excluding carboxylic acids is 3. The number of imide groups is 1. The number of hydrogen-bond acceptors (Lipinski definition) is 7. The van der Waals surface area contributed by atoms with Gasteiger partial charge < -0.3 is 25.6 Å². The summed E-state index contributed by atoms with van der Waals surface area (Å²) in [6, 6.07) is 4.75. The lowest BCUT2D eigenvalue weighted by Crippen LogP contribution is -2.34. The Balaban J connectivity index is 2.29. The molecule has 26 heavy (non-hydrogen) atoms. The van der Waals surface area contributed by atoms with E-state index < -0.39 is 23.8 Å². The maximum absolute atomic E-state index is 12.3. The molecule has 1 aromatic carbocycles. The number of nitrogens with zero attached hydrogens (tertiary/aromatic N) is 1. The molecule has 2 rings (SSSR count). The van der Waals surface area contributed by atoms with Crippen LogP contribution in [0.2, 0.25) is 0 Å². The summed E-state index contributed by atoms with van der Waals surface area (Å²) < 4.78 is 5.41. The van der Waals surface area contributed by atoms with Gasteiger partial charge in [-0.15, -0.1) is 0 Å². The summed E-state index contributed by atoms with van der Waals surface area (Å²) >= 11 is 0. The molecule has 0 radical (unpaired) electrons. The van der Waals surface area contributed by atoms with Gasteiger partial charge in [-0.1, -0.05) is 0 Å². The van der Waals surface area contributed by atoms with Crippen LogP contribution in [0.1, 0.15) is 13.8 Å². The summed E-state index contributed by atoms with van der Waals surface area (Å²) in [6.07, 6.45) is -0.102. The molecule has 4 N–H and O–H groups in total. The van der Waals surface area contributed by atoms with Crippen molar-refractivity contribution in [2.45, 2.75) is 20.0 Å². The Labute approximate surface area is 150 Å². The van der Waals surface area contributed by atoms with Crippen molar-refractivity contribution in [2.75, 3.05) is 30.4 Å². The van der Waals surface area contributed by atoms with Gasteiger partial charge in [0.15, 0.2) is 0 Å². The van der Waals surface area contributed by atoms with Crippen LogP contribution in [0, 0.1) is 0 Å². The highest BCUT2D eigenvalue weighted by molar-refractivity contribution is 6.17. The molecule has 0 aromatic heterocycles. The van der Waals surface area contributed by atoms with Crippen LogP contribution in [0.5, 0.6) is 5.75 Å². The van der Waals surface area contributed by atoms with E-state index >= 15 is 0 Å². The predicted octanol–water partition coefficient (Wildman–Crippen LogP) is 0.0615. The minimum Gasteiger partial charge on any atom is -0.494 e.